The van der Waals surface area contributed by atoms with Crippen molar-refractivity contribution in [3.8, 4) is 0 Å². The first-order chi connectivity index (χ1) is 10.1. The van der Waals surface area contributed by atoms with Crippen molar-refractivity contribution in [1.82, 2.24) is 5.32 Å². The summed E-state index contributed by atoms with van der Waals surface area (Å²) in [6.45, 7) is 6.45. The van der Waals surface area contributed by atoms with E-state index in [2.05, 4.69) is 34.4 Å². The van der Waals surface area contributed by atoms with Crippen molar-refractivity contribution < 1.29 is 4.79 Å². The van der Waals surface area contributed by atoms with Gasteiger partial charge in [-0.3, -0.25) is 4.79 Å². The van der Waals surface area contributed by atoms with Crippen LogP contribution in [0.4, 0.5) is 5.69 Å². The van der Waals surface area contributed by atoms with Crippen LogP contribution in [-0.4, -0.2) is 18.5 Å². The van der Waals surface area contributed by atoms with Gasteiger partial charge in [-0.05, 0) is 60.7 Å². The predicted molar refractivity (Wildman–Crippen MR) is 90.0 cm³/mol. The van der Waals surface area contributed by atoms with Crippen LogP contribution in [0.25, 0.3) is 0 Å². The summed E-state index contributed by atoms with van der Waals surface area (Å²) < 4.78 is 0. The van der Waals surface area contributed by atoms with E-state index >= 15 is 0 Å². The van der Waals surface area contributed by atoms with Gasteiger partial charge >= 0.3 is 0 Å². The monoisotopic (exact) mass is 302 g/mol. The van der Waals surface area contributed by atoms with Crippen molar-refractivity contribution in [2.24, 2.45) is 0 Å². The van der Waals surface area contributed by atoms with Gasteiger partial charge in [0.05, 0.1) is 6.54 Å². The molecule has 21 heavy (non-hydrogen) atoms. The maximum Gasteiger partial charge on any atom is 0.238 e. The molecule has 0 fully saturated rings. The molecular formula is C17H22N2OS. The zero-order valence-corrected chi connectivity index (χ0v) is 13.6. The molecule has 0 aliphatic carbocycles. The Morgan fingerprint density at radius 1 is 1.24 bits per heavy atom. The lowest BCUT2D eigenvalue weighted by Crippen LogP contribution is -2.35. The number of amides is 1. The summed E-state index contributed by atoms with van der Waals surface area (Å²) in [5.41, 5.74) is 4.43. The standard InChI is InChI=1S/C17H22N2OS/c1-12-5-4-6-13(2)17(12)19-16(20)10-18-14(3)9-15-7-8-21-11-15/h4-8,11,14,18H,9-10H2,1-3H3,(H,19,20)/t14-/m1/s1. The van der Waals surface area contributed by atoms with Crippen molar-refractivity contribution in [1.29, 1.82) is 0 Å². The molecule has 0 radical (unpaired) electrons. The van der Waals surface area contributed by atoms with Gasteiger partial charge in [0.2, 0.25) is 5.91 Å². The average molecular weight is 302 g/mol. The molecule has 0 aliphatic rings. The minimum atomic E-state index is 0.00423. The number of thiophene rings is 1. The number of carbonyl (C=O) groups excluding carboxylic acids is 1. The molecular weight excluding hydrogens is 280 g/mol. The third-order valence-electron chi connectivity index (χ3n) is 3.48. The molecule has 3 nitrogen and oxygen atoms in total. The Bertz CT molecular complexity index is 573. The number of hydrogen-bond acceptors (Lipinski definition) is 3. The van der Waals surface area contributed by atoms with E-state index in [1.807, 2.05) is 32.0 Å². The molecule has 112 valence electrons. The number of carbonyl (C=O) groups is 1. The fourth-order valence-corrected chi connectivity index (χ4v) is 2.98. The largest absolute Gasteiger partial charge is 0.324 e. The fraction of sp³-hybridized carbons (Fsp3) is 0.353. The van der Waals surface area contributed by atoms with Crippen LogP contribution in [0.2, 0.25) is 0 Å². The summed E-state index contributed by atoms with van der Waals surface area (Å²) >= 11 is 1.70. The van der Waals surface area contributed by atoms with Crippen molar-refractivity contribution >= 4 is 22.9 Å². The molecule has 2 aromatic rings. The van der Waals surface area contributed by atoms with Crippen molar-refractivity contribution in [3.63, 3.8) is 0 Å². The van der Waals surface area contributed by atoms with Gasteiger partial charge in [-0.25, -0.2) is 0 Å². The number of para-hydroxylation sites is 1. The molecule has 1 atom stereocenters. The maximum absolute atomic E-state index is 12.1. The smallest absolute Gasteiger partial charge is 0.238 e. The summed E-state index contributed by atoms with van der Waals surface area (Å²) in [6, 6.07) is 8.43. The Hall–Kier alpha value is -1.65. The molecule has 0 saturated heterocycles. The Morgan fingerprint density at radius 2 is 1.95 bits per heavy atom. The highest BCUT2D eigenvalue weighted by atomic mass is 32.1. The Labute approximate surface area is 130 Å². The molecule has 1 aromatic carbocycles. The quantitative estimate of drug-likeness (QED) is 0.857. The second kappa shape index (κ2) is 7.38. The molecule has 4 heteroatoms. The Morgan fingerprint density at radius 3 is 2.57 bits per heavy atom. The number of anilines is 1. The van der Waals surface area contributed by atoms with Crippen LogP contribution in [0.15, 0.2) is 35.0 Å². The van der Waals surface area contributed by atoms with Crippen LogP contribution >= 0.6 is 11.3 Å². The van der Waals surface area contributed by atoms with E-state index in [-0.39, 0.29) is 11.9 Å². The van der Waals surface area contributed by atoms with Gasteiger partial charge in [-0.2, -0.15) is 11.3 Å². The summed E-state index contributed by atoms with van der Waals surface area (Å²) in [4.78, 5) is 12.1. The van der Waals surface area contributed by atoms with Crippen LogP contribution < -0.4 is 10.6 Å². The number of nitrogens with one attached hydrogen (secondary N) is 2. The molecule has 0 unspecified atom stereocenters. The van der Waals surface area contributed by atoms with Gasteiger partial charge in [0.25, 0.3) is 0 Å². The van der Waals surface area contributed by atoms with E-state index in [1.54, 1.807) is 11.3 Å². The van der Waals surface area contributed by atoms with Crippen LogP contribution in [0.5, 0.6) is 0 Å². The highest BCUT2D eigenvalue weighted by molar-refractivity contribution is 7.07. The molecule has 0 spiro atoms. The summed E-state index contributed by atoms with van der Waals surface area (Å²) in [5, 5.41) is 10.5. The molecule has 1 heterocycles. The second-order valence-corrected chi connectivity index (χ2v) is 6.21. The molecule has 2 N–H and O–H groups in total. The van der Waals surface area contributed by atoms with Gasteiger partial charge in [-0.1, -0.05) is 18.2 Å². The van der Waals surface area contributed by atoms with Crippen molar-refractivity contribution in [2.75, 3.05) is 11.9 Å². The summed E-state index contributed by atoms with van der Waals surface area (Å²) in [5.74, 6) is 0.00423. The lowest BCUT2D eigenvalue weighted by molar-refractivity contribution is -0.115. The first-order valence-corrected chi connectivity index (χ1v) is 8.11. The number of hydrogen-bond donors (Lipinski definition) is 2. The first-order valence-electron chi connectivity index (χ1n) is 7.17. The molecule has 0 saturated carbocycles. The van der Waals surface area contributed by atoms with E-state index in [9.17, 15) is 4.79 Å². The highest BCUT2D eigenvalue weighted by Crippen LogP contribution is 2.19. The molecule has 2 rings (SSSR count). The fourth-order valence-electron chi connectivity index (χ4n) is 2.30. The zero-order valence-electron chi connectivity index (χ0n) is 12.8. The molecule has 1 aromatic heterocycles. The lowest BCUT2D eigenvalue weighted by atomic mass is 10.1. The van der Waals surface area contributed by atoms with E-state index in [1.165, 1.54) is 5.56 Å². The predicted octanol–water partition coefficient (Wildman–Crippen LogP) is 3.52. The summed E-state index contributed by atoms with van der Waals surface area (Å²) in [7, 11) is 0. The second-order valence-electron chi connectivity index (χ2n) is 5.43. The number of benzene rings is 1. The highest BCUT2D eigenvalue weighted by Gasteiger charge is 2.09. The Balaban J connectivity index is 1.82. The van der Waals surface area contributed by atoms with Crippen LogP contribution in [-0.2, 0) is 11.2 Å². The van der Waals surface area contributed by atoms with Crippen molar-refractivity contribution in [3.05, 3.63) is 51.7 Å². The van der Waals surface area contributed by atoms with Gasteiger partial charge in [0.15, 0.2) is 0 Å². The van der Waals surface area contributed by atoms with E-state index < -0.39 is 0 Å². The molecule has 0 bridgehead atoms. The SMILES string of the molecule is Cc1cccc(C)c1NC(=O)CN[C@H](C)Cc1ccsc1. The van der Waals surface area contributed by atoms with E-state index in [0.29, 0.717) is 6.54 Å². The van der Waals surface area contributed by atoms with Gasteiger partial charge in [-0.15, -0.1) is 0 Å². The summed E-state index contributed by atoms with van der Waals surface area (Å²) in [6.07, 6.45) is 0.945. The van der Waals surface area contributed by atoms with Gasteiger partial charge in [0.1, 0.15) is 0 Å². The third-order valence-corrected chi connectivity index (χ3v) is 4.21. The Kier molecular flexibility index (Phi) is 5.53. The van der Waals surface area contributed by atoms with Crippen molar-refractivity contribution in [2.45, 2.75) is 33.2 Å². The normalized spacial score (nSPS) is 12.1. The number of aryl methyl sites for hydroxylation is 2. The lowest BCUT2D eigenvalue weighted by Gasteiger charge is -2.15. The minimum Gasteiger partial charge on any atom is -0.324 e. The minimum absolute atomic E-state index is 0.00423. The number of rotatable bonds is 6. The van der Waals surface area contributed by atoms with E-state index in [4.69, 9.17) is 0 Å². The van der Waals surface area contributed by atoms with Crippen LogP contribution in [0.3, 0.4) is 0 Å². The zero-order chi connectivity index (χ0) is 15.2. The van der Waals surface area contributed by atoms with Gasteiger partial charge in [0, 0.05) is 11.7 Å². The van der Waals surface area contributed by atoms with Gasteiger partial charge < -0.3 is 10.6 Å². The maximum atomic E-state index is 12.1. The third kappa shape index (κ3) is 4.69. The van der Waals surface area contributed by atoms with E-state index in [0.717, 1.165) is 23.2 Å². The average Bonchev–Trinajstić information content (AvgIpc) is 2.94. The molecule has 1 amide bonds. The van der Waals surface area contributed by atoms with Crippen LogP contribution in [0.1, 0.15) is 23.6 Å². The first kappa shape index (κ1) is 15.7. The molecule has 0 aliphatic heterocycles. The topological polar surface area (TPSA) is 41.1 Å². The van der Waals surface area contributed by atoms with Crippen LogP contribution in [0, 0.1) is 13.8 Å².